The molecule has 0 spiro atoms. The van der Waals surface area contributed by atoms with Crippen LogP contribution in [0.3, 0.4) is 0 Å². The molecule has 4 heteroatoms. The number of aromatic carboxylic acids is 1. The van der Waals surface area contributed by atoms with Gasteiger partial charge in [-0.3, -0.25) is 0 Å². The normalized spacial score (nSPS) is 18.6. The molecular weight excluding hydrogens is 252 g/mol. The summed E-state index contributed by atoms with van der Waals surface area (Å²) in [4.78, 5) is 18.2. The third kappa shape index (κ3) is 2.22. The number of hydrogen-bond donors (Lipinski definition) is 1. The van der Waals surface area contributed by atoms with Crippen LogP contribution in [0.15, 0.2) is 30.3 Å². The van der Waals surface area contributed by atoms with Crippen molar-refractivity contribution < 1.29 is 9.90 Å². The average molecular weight is 270 g/mol. The lowest BCUT2D eigenvalue weighted by Gasteiger charge is -2.20. The van der Waals surface area contributed by atoms with Crippen molar-refractivity contribution in [3.63, 3.8) is 0 Å². The Bertz CT molecular complexity index is 654. The van der Waals surface area contributed by atoms with Crippen molar-refractivity contribution in [2.24, 2.45) is 5.92 Å². The van der Waals surface area contributed by atoms with Gasteiger partial charge >= 0.3 is 5.97 Å². The van der Waals surface area contributed by atoms with Crippen molar-refractivity contribution in [1.29, 1.82) is 0 Å². The van der Waals surface area contributed by atoms with Crippen LogP contribution in [0, 0.1) is 5.92 Å². The lowest BCUT2D eigenvalue weighted by Crippen LogP contribution is -2.23. The average Bonchev–Trinajstić information content (AvgIpc) is 2.94. The Kier molecular flexibility index (Phi) is 3.30. The summed E-state index contributed by atoms with van der Waals surface area (Å²) in [5.74, 6) is 0.357. The Balaban J connectivity index is 2.08. The zero-order valence-corrected chi connectivity index (χ0v) is 11.5. The van der Waals surface area contributed by atoms with Gasteiger partial charge < -0.3 is 10.0 Å². The summed E-state index contributed by atoms with van der Waals surface area (Å²) in [5, 5.41) is 10.3. The molecule has 3 rings (SSSR count). The van der Waals surface area contributed by atoms with E-state index in [2.05, 4.69) is 16.8 Å². The summed E-state index contributed by atoms with van der Waals surface area (Å²) in [6.07, 6.45) is 2.25. The van der Waals surface area contributed by atoms with Crippen LogP contribution < -0.4 is 4.90 Å². The molecule has 1 aliphatic rings. The lowest BCUT2D eigenvalue weighted by atomic mass is 10.1. The van der Waals surface area contributed by atoms with Gasteiger partial charge in [0.1, 0.15) is 11.4 Å². The molecular formula is C16H18N2O2. The predicted molar refractivity (Wildman–Crippen MR) is 79.3 cm³/mol. The van der Waals surface area contributed by atoms with E-state index in [-0.39, 0.29) is 0 Å². The molecule has 1 saturated heterocycles. The molecule has 104 valence electrons. The minimum Gasteiger partial charge on any atom is -0.478 e. The van der Waals surface area contributed by atoms with Gasteiger partial charge in [0.05, 0.1) is 5.52 Å². The topological polar surface area (TPSA) is 53.4 Å². The first-order valence-electron chi connectivity index (χ1n) is 7.07. The zero-order chi connectivity index (χ0) is 14.1. The fraction of sp³-hybridized carbons (Fsp3) is 0.375. The molecule has 1 atom stereocenters. The van der Waals surface area contributed by atoms with Crippen LogP contribution in [0.2, 0.25) is 0 Å². The maximum absolute atomic E-state index is 11.5. The SMILES string of the molecule is CCC1CCN(c2nc3ccccc3cc2C(=O)O)C1. The largest absolute Gasteiger partial charge is 0.478 e. The van der Waals surface area contributed by atoms with E-state index in [9.17, 15) is 9.90 Å². The number of hydrogen-bond acceptors (Lipinski definition) is 3. The number of carboxylic acid groups (broad SMARTS) is 1. The lowest BCUT2D eigenvalue weighted by molar-refractivity contribution is 0.0697. The van der Waals surface area contributed by atoms with Gasteiger partial charge in [0.2, 0.25) is 0 Å². The van der Waals surface area contributed by atoms with Crippen LogP contribution in [0.5, 0.6) is 0 Å². The number of aromatic nitrogens is 1. The summed E-state index contributed by atoms with van der Waals surface area (Å²) in [5.41, 5.74) is 1.16. The number of carbonyl (C=O) groups is 1. The van der Waals surface area contributed by atoms with Crippen LogP contribution >= 0.6 is 0 Å². The van der Waals surface area contributed by atoms with Gasteiger partial charge in [-0.15, -0.1) is 0 Å². The van der Waals surface area contributed by atoms with Gasteiger partial charge in [0.25, 0.3) is 0 Å². The van der Waals surface area contributed by atoms with E-state index >= 15 is 0 Å². The Labute approximate surface area is 118 Å². The van der Waals surface area contributed by atoms with E-state index in [1.807, 2.05) is 24.3 Å². The van der Waals surface area contributed by atoms with Gasteiger partial charge in [0, 0.05) is 18.5 Å². The van der Waals surface area contributed by atoms with Crippen LogP contribution in [-0.4, -0.2) is 29.1 Å². The fourth-order valence-electron chi connectivity index (χ4n) is 2.86. The molecule has 20 heavy (non-hydrogen) atoms. The Morgan fingerprint density at radius 1 is 1.45 bits per heavy atom. The molecule has 1 fully saturated rings. The minimum atomic E-state index is -0.904. The number of nitrogens with zero attached hydrogens (tertiary/aromatic N) is 2. The van der Waals surface area contributed by atoms with Crippen LogP contribution in [0.1, 0.15) is 30.1 Å². The third-order valence-electron chi connectivity index (χ3n) is 4.10. The summed E-state index contributed by atoms with van der Waals surface area (Å²) >= 11 is 0. The highest BCUT2D eigenvalue weighted by Crippen LogP contribution is 2.29. The summed E-state index contributed by atoms with van der Waals surface area (Å²) < 4.78 is 0. The molecule has 0 amide bonds. The molecule has 1 aromatic carbocycles. The Morgan fingerprint density at radius 3 is 2.95 bits per heavy atom. The number of carboxylic acids is 1. The quantitative estimate of drug-likeness (QED) is 0.930. The van der Waals surface area contributed by atoms with Crippen LogP contribution in [0.25, 0.3) is 10.9 Å². The molecule has 1 unspecified atom stereocenters. The fourth-order valence-corrected chi connectivity index (χ4v) is 2.86. The van der Waals surface area contributed by atoms with E-state index < -0.39 is 5.97 Å². The van der Waals surface area contributed by atoms with Gasteiger partial charge in [-0.2, -0.15) is 0 Å². The second-order valence-corrected chi connectivity index (χ2v) is 5.37. The van der Waals surface area contributed by atoms with Gasteiger partial charge in [0.15, 0.2) is 0 Å². The first-order valence-corrected chi connectivity index (χ1v) is 7.07. The smallest absolute Gasteiger partial charge is 0.339 e. The number of anilines is 1. The molecule has 1 aromatic heterocycles. The monoisotopic (exact) mass is 270 g/mol. The van der Waals surface area contributed by atoms with Crippen molar-refractivity contribution in [3.8, 4) is 0 Å². The van der Waals surface area contributed by atoms with Crippen molar-refractivity contribution >= 4 is 22.7 Å². The molecule has 4 nitrogen and oxygen atoms in total. The predicted octanol–water partition coefficient (Wildman–Crippen LogP) is 3.17. The molecule has 0 bridgehead atoms. The summed E-state index contributed by atoms with van der Waals surface area (Å²) in [6.45, 7) is 3.98. The zero-order valence-electron chi connectivity index (χ0n) is 11.5. The summed E-state index contributed by atoms with van der Waals surface area (Å²) in [6, 6.07) is 9.39. The van der Waals surface area contributed by atoms with E-state index in [4.69, 9.17) is 0 Å². The number of rotatable bonds is 3. The van der Waals surface area contributed by atoms with Crippen molar-refractivity contribution in [2.75, 3.05) is 18.0 Å². The third-order valence-corrected chi connectivity index (χ3v) is 4.10. The first kappa shape index (κ1) is 12.9. The van der Waals surface area contributed by atoms with Crippen molar-refractivity contribution in [1.82, 2.24) is 4.98 Å². The molecule has 1 N–H and O–H groups in total. The van der Waals surface area contributed by atoms with Crippen molar-refractivity contribution in [2.45, 2.75) is 19.8 Å². The number of benzene rings is 1. The maximum atomic E-state index is 11.5. The first-order chi connectivity index (χ1) is 9.69. The number of para-hydroxylation sites is 1. The molecule has 0 aliphatic carbocycles. The Morgan fingerprint density at radius 2 is 2.25 bits per heavy atom. The number of fused-ring (bicyclic) bond motifs is 1. The van der Waals surface area contributed by atoms with E-state index in [1.165, 1.54) is 0 Å². The Hall–Kier alpha value is -2.10. The molecule has 1 aliphatic heterocycles. The van der Waals surface area contributed by atoms with Crippen molar-refractivity contribution in [3.05, 3.63) is 35.9 Å². The minimum absolute atomic E-state index is 0.306. The van der Waals surface area contributed by atoms with Crippen LogP contribution in [0.4, 0.5) is 5.82 Å². The van der Waals surface area contributed by atoms with Crippen LogP contribution in [-0.2, 0) is 0 Å². The summed E-state index contributed by atoms with van der Waals surface area (Å²) in [7, 11) is 0. The number of pyridine rings is 1. The molecule has 0 radical (unpaired) electrons. The second-order valence-electron chi connectivity index (χ2n) is 5.37. The van der Waals surface area contributed by atoms with E-state index in [0.29, 0.717) is 17.3 Å². The highest BCUT2D eigenvalue weighted by Gasteiger charge is 2.26. The van der Waals surface area contributed by atoms with Gasteiger partial charge in [-0.05, 0) is 24.5 Å². The van der Waals surface area contributed by atoms with E-state index in [1.54, 1.807) is 6.07 Å². The van der Waals surface area contributed by atoms with Gasteiger partial charge in [-0.25, -0.2) is 9.78 Å². The molecule has 2 heterocycles. The second kappa shape index (κ2) is 5.12. The molecule has 0 saturated carbocycles. The standard InChI is InChI=1S/C16H18N2O2/c1-2-11-7-8-18(10-11)15-13(16(19)20)9-12-5-3-4-6-14(12)17-15/h3-6,9,11H,2,7-8,10H2,1H3,(H,19,20). The van der Waals surface area contributed by atoms with Gasteiger partial charge in [-0.1, -0.05) is 31.5 Å². The van der Waals surface area contributed by atoms with E-state index in [0.717, 1.165) is 36.8 Å². The highest BCUT2D eigenvalue weighted by molar-refractivity contribution is 5.98. The molecule has 2 aromatic rings. The maximum Gasteiger partial charge on any atom is 0.339 e. The highest BCUT2D eigenvalue weighted by atomic mass is 16.4.